The summed E-state index contributed by atoms with van der Waals surface area (Å²) in [5.41, 5.74) is 1.66. The van der Waals surface area contributed by atoms with Crippen LogP contribution in [0.25, 0.3) is 0 Å². The molecule has 0 amide bonds. The summed E-state index contributed by atoms with van der Waals surface area (Å²) in [6.45, 7) is 7.07. The van der Waals surface area contributed by atoms with Crippen molar-refractivity contribution >= 4 is 11.7 Å². The molecule has 0 saturated carbocycles. The van der Waals surface area contributed by atoms with Gasteiger partial charge in [0.05, 0.1) is 11.7 Å². The highest BCUT2D eigenvalue weighted by atomic mass is 16.5. The number of rotatable bonds is 5. The van der Waals surface area contributed by atoms with E-state index in [9.17, 15) is 4.79 Å². The Hall–Kier alpha value is -1.55. The lowest BCUT2D eigenvalue weighted by Crippen LogP contribution is -2.35. The Labute approximate surface area is 127 Å². The van der Waals surface area contributed by atoms with Gasteiger partial charge in [0.1, 0.15) is 0 Å². The van der Waals surface area contributed by atoms with Crippen LogP contribution >= 0.6 is 0 Å². The van der Waals surface area contributed by atoms with Crippen LogP contribution in [0.2, 0.25) is 0 Å². The zero-order valence-corrected chi connectivity index (χ0v) is 13.3. The molecule has 1 aromatic carbocycles. The molecule has 1 atom stereocenters. The fourth-order valence-electron chi connectivity index (χ4n) is 2.71. The molecule has 0 aliphatic carbocycles. The lowest BCUT2D eigenvalue weighted by atomic mass is 9.98. The molecule has 21 heavy (non-hydrogen) atoms. The van der Waals surface area contributed by atoms with Crippen molar-refractivity contribution < 1.29 is 9.53 Å². The van der Waals surface area contributed by atoms with Crippen LogP contribution in [-0.4, -0.2) is 43.7 Å². The van der Waals surface area contributed by atoms with E-state index in [1.165, 1.54) is 19.4 Å². The minimum atomic E-state index is -0.259. The first-order chi connectivity index (χ1) is 10.0. The summed E-state index contributed by atoms with van der Waals surface area (Å²) in [4.78, 5) is 14.1. The van der Waals surface area contributed by atoms with Gasteiger partial charge < -0.3 is 15.0 Å². The summed E-state index contributed by atoms with van der Waals surface area (Å²) in [6.07, 6.45) is 2.48. The molecule has 0 aromatic heterocycles. The van der Waals surface area contributed by atoms with Crippen molar-refractivity contribution in [3.8, 4) is 0 Å². The SMILES string of the molecule is CC(C)OC(=O)c1ccc(NCC2CCCN(C)C2)cc1. The number of hydrogen-bond donors (Lipinski definition) is 1. The molecule has 4 heteroatoms. The van der Waals surface area contributed by atoms with Crippen molar-refractivity contribution in [3.05, 3.63) is 29.8 Å². The maximum absolute atomic E-state index is 11.8. The Morgan fingerprint density at radius 1 is 1.38 bits per heavy atom. The van der Waals surface area contributed by atoms with Gasteiger partial charge in [-0.15, -0.1) is 0 Å². The van der Waals surface area contributed by atoms with Gasteiger partial charge in [0.2, 0.25) is 0 Å². The van der Waals surface area contributed by atoms with Crippen molar-refractivity contribution in [1.29, 1.82) is 0 Å². The third-order valence-corrected chi connectivity index (χ3v) is 3.78. The van der Waals surface area contributed by atoms with E-state index in [1.807, 2.05) is 38.1 Å². The molecule has 1 fully saturated rings. The zero-order chi connectivity index (χ0) is 15.2. The van der Waals surface area contributed by atoms with Crippen LogP contribution in [0.5, 0.6) is 0 Å². The number of hydrogen-bond acceptors (Lipinski definition) is 4. The highest BCUT2D eigenvalue weighted by Crippen LogP contribution is 2.17. The second-order valence-corrected chi connectivity index (χ2v) is 6.18. The molecule has 1 unspecified atom stereocenters. The Morgan fingerprint density at radius 2 is 2.10 bits per heavy atom. The van der Waals surface area contributed by atoms with E-state index in [0.29, 0.717) is 11.5 Å². The van der Waals surface area contributed by atoms with Crippen LogP contribution in [0.15, 0.2) is 24.3 Å². The number of esters is 1. The highest BCUT2D eigenvalue weighted by molar-refractivity contribution is 5.89. The van der Waals surface area contributed by atoms with Crippen molar-refractivity contribution in [3.63, 3.8) is 0 Å². The lowest BCUT2D eigenvalue weighted by Gasteiger charge is -2.29. The standard InChI is InChI=1S/C17H26N2O2/c1-13(2)21-17(20)15-6-8-16(9-7-15)18-11-14-5-4-10-19(3)12-14/h6-9,13-14,18H,4-5,10-12H2,1-3H3. The van der Waals surface area contributed by atoms with E-state index in [2.05, 4.69) is 17.3 Å². The summed E-state index contributed by atoms with van der Waals surface area (Å²) in [7, 11) is 2.18. The molecule has 116 valence electrons. The van der Waals surface area contributed by atoms with E-state index in [0.717, 1.165) is 18.8 Å². The van der Waals surface area contributed by atoms with Gasteiger partial charge in [0.25, 0.3) is 0 Å². The van der Waals surface area contributed by atoms with Gasteiger partial charge in [-0.1, -0.05) is 0 Å². The maximum Gasteiger partial charge on any atom is 0.338 e. The predicted molar refractivity (Wildman–Crippen MR) is 85.7 cm³/mol. The van der Waals surface area contributed by atoms with Crippen LogP contribution < -0.4 is 5.32 Å². The Balaban J connectivity index is 1.83. The molecular weight excluding hydrogens is 264 g/mol. The number of piperidine rings is 1. The molecule has 1 heterocycles. The van der Waals surface area contributed by atoms with Crippen LogP contribution in [0, 0.1) is 5.92 Å². The number of carbonyl (C=O) groups is 1. The quantitative estimate of drug-likeness (QED) is 0.846. The van der Waals surface area contributed by atoms with Gasteiger partial charge >= 0.3 is 5.97 Å². The van der Waals surface area contributed by atoms with Gasteiger partial charge in [-0.3, -0.25) is 0 Å². The van der Waals surface area contributed by atoms with Gasteiger partial charge in [-0.05, 0) is 70.5 Å². The van der Waals surface area contributed by atoms with E-state index < -0.39 is 0 Å². The van der Waals surface area contributed by atoms with Crippen LogP contribution in [-0.2, 0) is 4.74 Å². The van der Waals surface area contributed by atoms with Crippen LogP contribution in [0.4, 0.5) is 5.69 Å². The smallest absolute Gasteiger partial charge is 0.338 e. The van der Waals surface area contributed by atoms with Gasteiger partial charge in [0, 0.05) is 18.8 Å². The molecule has 2 rings (SSSR count). The van der Waals surface area contributed by atoms with E-state index in [-0.39, 0.29) is 12.1 Å². The summed E-state index contributed by atoms with van der Waals surface area (Å²) >= 11 is 0. The molecule has 4 nitrogen and oxygen atoms in total. The summed E-state index contributed by atoms with van der Waals surface area (Å²) in [5, 5.41) is 3.46. The minimum Gasteiger partial charge on any atom is -0.459 e. The minimum absolute atomic E-state index is 0.0846. The Morgan fingerprint density at radius 3 is 2.71 bits per heavy atom. The molecule has 0 spiro atoms. The molecule has 1 saturated heterocycles. The number of nitrogens with one attached hydrogen (secondary N) is 1. The summed E-state index contributed by atoms with van der Waals surface area (Å²) in [6, 6.07) is 7.53. The summed E-state index contributed by atoms with van der Waals surface area (Å²) in [5.74, 6) is 0.444. The number of carbonyl (C=O) groups excluding carboxylic acids is 1. The zero-order valence-electron chi connectivity index (χ0n) is 13.3. The monoisotopic (exact) mass is 290 g/mol. The Kier molecular flexibility index (Phi) is 5.62. The van der Waals surface area contributed by atoms with Crippen molar-refractivity contribution in [2.45, 2.75) is 32.8 Å². The van der Waals surface area contributed by atoms with E-state index in [1.54, 1.807) is 0 Å². The van der Waals surface area contributed by atoms with Crippen molar-refractivity contribution in [2.24, 2.45) is 5.92 Å². The molecule has 1 aliphatic heterocycles. The average molecular weight is 290 g/mol. The first-order valence-electron chi connectivity index (χ1n) is 7.78. The molecule has 0 radical (unpaired) electrons. The molecule has 1 aromatic rings. The molecule has 1 aliphatic rings. The normalized spacial score (nSPS) is 19.5. The predicted octanol–water partition coefficient (Wildman–Crippen LogP) is 3.01. The molecule has 1 N–H and O–H groups in total. The summed E-state index contributed by atoms with van der Waals surface area (Å²) < 4.78 is 5.18. The number of anilines is 1. The number of nitrogens with zero attached hydrogens (tertiary/aromatic N) is 1. The fourth-order valence-corrected chi connectivity index (χ4v) is 2.71. The number of ether oxygens (including phenoxy) is 1. The number of likely N-dealkylation sites (tertiary alicyclic amines) is 1. The first kappa shape index (κ1) is 15.8. The third-order valence-electron chi connectivity index (χ3n) is 3.78. The second kappa shape index (κ2) is 7.46. The van der Waals surface area contributed by atoms with Gasteiger partial charge in [-0.2, -0.15) is 0 Å². The highest BCUT2D eigenvalue weighted by Gasteiger charge is 2.16. The second-order valence-electron chi connectivity index (χ2n) is 6.18. The Bertz CT molecular complexity index is 456. The van der Waals surface area contributed by atoms with E-state index in [4.69, 9.17) is 4.74 Å². The fraction of sp³-hybridized carbons (Fsp3) is 0.588. The van der Waals surface area contributed by atoms with Crippen molar-refractivity contribution in [1.82, 2.24) is 4.90 Å². The third kappa shape index (κ3) is 5.05. The average Bonchev–Trinajstić information content (AvgIpc) is 2.45. The lowest BCUT2D eigenvalue weighted by molar-refractivity contribution is 0.0378. The molecule has 0 bridgehead atoms. The molecular formula is C17H26N2O2. The van der Waals surface area contributed by atoms with E-state index >= 15 is 0 Å². The maximum atomic E-state index is 11.8. The van der Waals surface area contributed by atoms with Crippen LogP contribution in [0.3, 0.4) is 0 Å². The first-order valence-corrected chi connectivity index (χ1v) is 7.78. The van der Waals surface area contributed by atoms with Crippen molar-refractivity contribution in [2.75, 3.05) is 32.0 Å². The number of benzene rings is 1. The van der Waals surface area contributed by atoms with Gasteiger partial charge in [0.15, 0.2) is 0 Å². The topological polar surface area (TPSA) is 41.6 Å². The van der Waals surface area contributed by atoms with Crippen LogP contribution in [0.1, 0.15) is 37.0 Å². The largest absolute Gasteiger partial charge is 0.459 e. The van der Waals surface area contributed by atoms with Gasteiger partial charge in [-0.25, -0.2) is 4.79 Å².